The van der Waals surface area contributed by atoms with Gasteiger partial charge in [0.25, 0.3) is 0 Å². The van der Waals surface area contributed by atoms with Crippen molar-refractivity contribution in [2.24, 2.45) is 0 Å². The van der Waals surface area contributed by atoms with Crippen LogP contribution in [-0.2, 0) is 11.3 Å². The number of rotatable bonds is 4. The van der Waals surface area contributed by atoms with Crippen molar-refractivity contribution in [2.75, 3.05) is 5.32 Å². The molecule has 1 amide bonds. The van der Waals surface area contributed by atoms with E-state index in [9.17, 15) is 13.6 Å². The summed E-state index contributed by atoms with van der Waals surface area (Å²) in [5.41, 5.74) is -0.0723. The molecule has 100 valence electrons. The number of hydrogen-bond donors (Lipinski definition) is 1. The van der Waals surface area contributed by atoms with E-state index in [1.165, 1.54) is 16.9 Å². The molecule has 0 bridgehead atoms. The van der Waals surface area contributed by atoms with Crippen molar-refractivity contribution in [1.82, 2.24) is 15.0 Å². The zero-order chi connectivity index (χ0) is 13.8. The van der Waals surface area contributed by atoms with Gasteiger partial charge >= 0.3 is 0 Å². The zero-order valence-electron chi connectivity index (χ0n) is 9.61. The molecule has 5 nitrogen and oxygen atoms in total. The van der Waals surface area contributed by atoms with Crippen LogP contribution in [0.15, 0.2) is 29.0 Å². The summed E-state index contributed by atoms with van der Waals surface area (Å²) in [5.74, 6) is -1.94. The van der Waals surface area contributed by atoms with E-state index in [-0.39, 0.29) is 16.6 Å². The molecule has 0 aliphatic heterocycles. The fraction of sp³-hybridized carbons (Fsp3) is 0.182. The number of aryl methyl sites for hydroxylation is 1. The SMILES string of the molecule is O=C(CCn1ccnn1)Nc1cc(Br)c(F)cc1F. The van der Waals surface area contributed by atoms with Crippen LogP contribution in [-0.4, -0.2) is 20.9 Å². The molecule has 0 fully saturated rings. The minimum absolute atomic E-state index is 0.0723. The number of aromatic nitrogens is 3. The second kappa shape index (κ2) is 5.87. The average molecular weight is 331 g/mol. The van der Waals surface area contributed by atoms with Gasteiger partial charge in [0, 0.05) is 18.7 Å². The van der Waals surface area contributed by atoms with Crippen LogP contribution in [0.1, 0.15) is 6.42 Å². The largest absolute Gasteiger partial charge is 0.324 e. The third-order valence-corrected chi connectivity index (χ3v) is 2.93. The van der Waals surface area contributed by atoms with Crippen molar-refractivity contribution in [3.8, 4) is 0 Å². The standard InChI is InChI=1S/C11H9BrF2N4O/c12-7-5-10(9(14)6-8(7)13)16-11(19)1-3-18-4-2-15-17-18/h2,4-6H,1,3H2,(H,16,19). The minimum Gasteiger partial charge on any atom is -0.324 e. The third-order valence-electron chi connectivity index (χ3n) is 2.32. The van der Waals surface area contributed by atoms with E-state index in [4.69, 9.17) is 0 Å². The fourth-order valence-electron chi connectivity index (χ4n) is 1.40. The Labute approximate surface area is 115 Å². The highest BCUT2D eigenvalue weighted by Gasteiger charge is 2.11. The molecule has 1 heterocycles. The second-order valence-corrected chi connectivity index (χ2v) is 4.56. The highest BCUT2D eigenvalue weighted by molar-refractivity contribution is 9.10. The maximum Gasteiger partial charge on any atom is 0.226 e. The van der Waals surface area contributed by atoms with Gasteiger partial charge in [0.2, 0.25) is 5.91 Å². The summed E-state index contributed by atoms with van der Waals surface area (Å²) in [6.07, 6.45) is 3.22. The molecule has 1 N–H and O–H groups in total. The first-order valence-electron chi connectivity index (χ1n) is 5.35. The third kappa shape index (κ3) is 3.57. The Hall–Kier alpha value is -1.83. The summed E-state index contributed by atoms with van der Waals surface area (Å²) >= 11 is 2.93. The topological polar surface area (TPSA) is 59.8 Å². The monoisotopic (exact) mass is 330 g/mol. The van der Waals surface area contributed by atoms with Gasteiger partial charge in [0.1, 0.15) is 11.6 Å². The zero-order valence-corrected chi connectivity index (χ0v) is 11.2. The molecule has 1 aromatic carbocycles. The molecular formula is C11H9BrF2N4O. The lowest BCUT2D eigenvalue weighted by atomic mass is 10.3. The maximum absolute atomic E-state index is 13.4. The fourth-order valence-corrected chi connectivity index (χ4v) is 1.74. The van der Waals surface area contributed by atoms with Gasteiger partial charge in [-0.15, -0.1) is 5.10 Å². The Bertz CT molecular complexity index is 589. The lowest BCUT2D eigenvalue weighted by Crippen LogP contribution is -2.15. The van der Waals surface area contributed by atoms with Crippen LogP contribution in [0.3, 0.4) is 0 Å². The van der Waals surface area contributed by atoms with E-state index in [0.717, 1.165) is 0 Å². The summed E-state index contributed by atoms with van der Waals surface area (Å²) < 4.78 is 28.0. The van der Waals surface area contributed by atoms with E-state index >= 15 is 0 Å². The lowest BCUT2D eigenvalue weighted by Gasteiger charge is -2.07. The molecule has 0 saturated heterocycles. The van der Waals surface area contributed by atoms with Crippen LogP contribution in [0.2, 0.25) is 0 Å². The lowest BCUT2D eigenvalue weighted by molar-refractivity contribution is -0.116. The van der Waals surface area contributed by atoms with Crippen molar-refractivity contribution in [1.29, 1.82) is 0 Å². The van der Waals surface area contributed by atoms with E-state index in [2.05, 4.69) is 31.6 Å². The number of hydrogen-bond acceptors (Lipinski definition) is 3. The maximum atomic E-state index is 13.4. The molecule has 2 rings (SSSR count). The van der Waals surface area contributed by atoms with Crippen molar-refractivity contribution < 1.29 is 13.6 Å². The average Bonchev–Trinajstić information content (AvgIpc) is 2.86. The Balaban J connectivity index is 1.97. The molecule has 0 aliphatic carbocycles. The van der Waals surface area contributed by atoms with Crippen LogP contribution >= 0.6 is 15.9 Å². The smallest absolute Gasteiger partial charge is 0.226 e. The first-order chi connectivity index (χ1) is 9.06. The normalized spacial score (nSPS) is 10.5. The summed E-state index contributed by atoms with van der Waals surface area (Å²) in [5, 5.41) is 9.66. The van der Waals surface area contributed by atoms with Crippen LogP contribution in [0, 0.1) is 11.6 Å². The van der Waals surface area contributed by atoms with Gasteiger partial charge in [-0.05, 0) is 22.0 Å². The first kappa shape index (κ1) is 13.6. The highest BCUT2D eigenvalue weighted by Crippen LogP contribution is 2.23. The molecule has 0 saturated carbocycles. The van der Waals surface area contributed by atoms with Crippen molar-refractivity contribution in [3.63, 3.8) is 0 Å². The van der Waals surface area contributed by atoms with Gasteiger partial charge in [-0.25, -0.2) is 8.78 Å². The Morgan fingerprint density at radius 1 is 1.37 bits per heavy atom. The second-order valence-electron chi connectivity index (χ2n) is 3.71. The Kier molecular flexibility index (Phi) is 4.20. The van der Waals surface area contributed by atoms with Crippen LogP contribution in [0.5, 0.6) is 0 Å². The molecule has 8 heteroatoms. The summed E-state index contributed by atoms with van der Waals surface area (Å²) in [6.45, 7) is 0.329. The number of halogens is 3. The molecular weight excluding hydrogens is 322 g/mol. The summed E-state index contributed by atoms with van der Waals surface area (Å²) in [6, 6.07) is 1.88. The molecule has 0 radical (unpaired) electrons. The quantitative estimate of drug-likeness (QED) is 0.875. The number of carbonyl (C=O) groups excluding carboxylic acids is 1. The number of carbonyl (C=O) groups is 1. The van der Waals surface area contributed by atoms with Crippen LogP contribution in [0.25, 0.3) is 0 Å². The van der Waals surface area contributed by atoms with Gasteiger partial charge in [-0.2, -0.15) is 0 Å². The molecule has 0 spiro atoms. The number of amides is 1. The molecule has 0 aliphatic rings. The van der Waals surface area contributed by atoms with Crippen LogP contribution in [0.4, 0.5) is 14.5 Å². The van der Waals surface area contributed by atoms with Gasteiger partial charge in [-0.1, -0.05) is 5.21 Å². The highest BCUT2D eigenvalue weighted by atomic mass is 79.9. The number of anilines is 1. The van der Waals surface area contributed by atoms with Crippen molar-refractivity contribution >= 4 is 27.5 Å². The van der Waals surface area contributed by atoms with E-state index < -0.39 is 17.5 Å². The van der Waals surface area contributed by atoms with Gasteiger partial charge in [0.05, 0.1) is 22.9 Å². The summed E-state index contributed by atoms with van der Waals surface area (Å²) in [7, 11) is 0. The predicted molar refractivity (Wildman–Crippen MR) is 67.3 cm³/mol. The predicted octanol–water partition coefficient (Wildman–Crippen LogP) is 2.35. The van der Waals surface area contributed by atoms with Gasteiger partial charge < -0.3 is 5.32 Å². The number of nitrogens with one attached hydrogen (secondary N) is 1. The van der Waals surface area contributed by atoms with E-state index in [1.807, 2.05) is 0 Å². The van der Waals surface area contributed by atoms with Crippen molar-refractivity contribution in [2.45, 2.75) is 13.0 Å². The molecule has 19 heavy (non-hydrogen) atoms. The molecule has 0 atom stereocenters. The number of nitrogens with zero attached hydrogens (tertiary/aromatic N) is 3. The minimum atomic E-state index is -0.824. The molecule has 1 aromatic heterocycles. The Morgan fingerprint density at radius 2 is 2.16 bits per heavy atom. The van der Waals surface area contributed by atoms with Gasteiger partial charge in [-0.3, -0.25) is 9.48 Å². The van der Waals surface area contributed by atoms with Crippen molar-refractivity contribution in [3.05, 3.63) is 40.6 Å². The number of benzene rings is 1. The van der Waals surface area contributed by atoms with E-state index in [0.29, 0.717) is 12.6 Å². The van der Waals surface area contributed by atoms with Gasteiger partial charge in [0.15, 0.2) is 0 Å². The first-order valence-corrected chi connectivity index (χ1v) is 6.14. The van der Waals surface area contributed by atoms with E-state index in [1.54, 1.807) is 6.20 Å². The van der Waals surface area contributed by atoms with Crippen LogP contribution < -0.4 is 5.32 Å². The summed E-state index contributed by atoms with van der Waals surface area (Å²) in [4.78, 5) is 11.6. The molecule has 0 unspecified atom stereocenters. The Morgan fingerprint density at radius 3 is 2.84 bits per heavy atom. The molecule has 2 aromatic rings.